The number of thiophene rings is 1. The third-order valence-corrected chi connectivity index (χ3v) is 8.46. The Morgan fingerprint density at radius 2 is 1.78 bits per heavy atom. The summed E-state index contributed by atoms with van der Waals surface area (Å²) < 4.78 is 27.1. The van der Waals surface area contributed by atoms with E-state index >= 15 is 0 Å². The highest BCUT2D eigenvalue weighted by atomic mass is 32.2. The summed E-state index contributed by atoms with van der Waals surface area (Å²) in [5.41, 5.74) is 2.25. The predicted molar refractivity (Wildman–Crippen MR) is 107 cm³/mol. The number of piperazine rings is 1. The number of carbonyl (C=O) groups is 1. The fourth-order valence-corrected chi connectivity index (χ4v) is 6.30. The Morgan fingerprint density at radius 1 is 1.00 bits per heavy atom. The Balaban J connectivity index is 1.37. The van der Waals surface area contributed by atoms with Gasteiger partial charge in [-0.15, -0.1) is 11.3 Å². The topological polar surface area (TPSA) is 60.9 Å². The number of benzene rings is 1. The monoisotopic (exact) mass is 405 g/mol. The number of para-hydroxylation sites is 1. The molecule has 6 nitrogen and oxygen atoms in total. The average molecular weight is 406 g/mol. The van der Waals surface area contributed by atoms with Gasteiger partial charge in [-0.05, 0) is 35.9 Å². The Labute approximate surface area is 164 Å². The number of hydrogen-bond acceptors (Lipinski definition) is 5. The normalized spacial score (nSPS) is 19.0. The van der Waals surface area contributed by atoms with E-state index in [1.165, 1.54) is 21.2 Å². The van der Waals surface area contributed by atoms with Crippen LogP contribution in [0.15, 0.2) is 46.0 Å². The van der Waals surface area contributed by atoms with Gasteiger partial charge >= 0.3 is 0 Å². The maximum atomic E-state index is 12.8. The lowest BCUT2D eigenvalue weighted by molar-refractivity contribution is -0.120. The van der Waals surface area contributed by atoms with Gasteiger partial charge in [0.15, 0.2) is 0 Å². The molecule has 0 radical (unpaired) electrons. The molecule has 1 fully saturated rings. The molecule has 1 aromatic heterocycles. The van der Waals surface area contributed by atoms with E-state index in [0.717, 1.165) is 25.1 Å². The van der Waals surface area contributed by atoms with E-state index in [9.17, 15) is 13.2 Å². The maximum absolute atomic E-state index is 12.8. The second-order valence-corrected chi connectivity index (χ2v) is 10.0. The molecule has 2 aromatic rings. The molecule has 2 aliphatic rings. The van der Waals surface area contributed by atoms with Crippen molar-refractivity contribution in [2.75, 3.05) is 44.2 Å². The highest BCUT2D eigenvalue weighted by Crippen LogP contribution is 2.27. The van der Waals surface area contributed by atoms with Crippen LogP contribution < -0.4 is 4.90 Å². The summed E-state index contributed by atoms with van der Waals surface area (Å²) in [6, 6.07) is 11.5. The molecule has 27 heavy (non-hydrogen) atoms. The minimum Gasteiger partial charge on any atom is -0.311 e. The molecule has 0 atom stereocenters. The van der Waals surface area contributed by atoms with Gasteiger partial charge < -0.3 is 4.90 Å². The summed E-state index contributed by atoms with van der Waals surface area (Å²) in [7, 11) is -3.40. The molecule has 0 unspecified atom stereocenters. The van der Waals surface area contributed by atoms with Gasteiger partial charge in [-0.2, -0.15) is 4.31 Å². The molecule has 0 bridgehead atoms. The van der Waals surface area contributed by atoms with Crippen molar-refractivity contribution >= 4 is 33.0 Å². The molecular formula is C19H23N3O3S2. The van der Waals surface area contributed by atoms with E-state index in [4.69, 9.17) is 0 Å². The molecule has 0 saturated carbocycles. The van der Waals surface area contributed by atoms with Crippen molar-refractivity contribution in [3.63, 3.8) is 0 Å². The average Bonchev–Trinajstić information content (AvgIpc) is 3.24. The zero-order valence-electron chi connectivity index (χ0n) is 15.1. The first kappa shape index (κ1) is 18.6. The van der Waals surface area contributed by atoms with Crippen molar-refractivity contribution in [1.82, 2.24) is 9.21 Å². The van der Waals surface area contributed by atoms with E-state index in [1.54, 1.807) is 17.5 Å². The first-order valence-electron chi connectivity index (χ1n) is 9.20. The molecule has 3 heterocycles. The lowest BCUT2D eigenvalue weighted by Crippen LogP contribution is -2.51. The lowest BCUT2D eigenvalue weighted by Gasteiger charge is -2.35. The number of rotatable bonds is 4. The van der Waals surface area contributed by atoms with Crippen LogP contribution in [0.1, 0.15) is 12.0 Å². The van der Waals surface area contributed by atoms with E-state index in [2.05, 4.69) is 11.0 Å². The molecule has 2 aliphatic heterocycles. The van der Waals surface area contributed by atoms with Gasteiger partial charge in [-0.25, -0.2) is 8.42 Å². The number of anilines is 1. The van der Waals surface area contributed by atoms with Crippen molar-refractivity contribution in [2.45, 2.75) is 17.1 Å². The Kier molecular flexibility index (Phi) is 5.32. The molecule has 1 aromatic carbocycles. The predicted octanol–water partition coefficient (Wildman–Crippen LogP) is 2.03. The van der Waals surface area contributed by atoms with Crippen molar-refractivity contribution in [3.05, 3.63) is 47.3 Å². The van der Waals surface area contributed by atoms with Crippen LogP contribution in [0, 0.1) is 0 Å². The van der Waals surface area contributed by atoms with Crippen molar-refractivity contribution in [3.8, 4) is 0 Å². The fourth-order valence-electron chi connectivity index (χ4n) is 3.73. The zero-order chi connectivity index (χ0) is 18.9. The molecule has 1 saturated heterocycles. The fraction of sp³-hybridized carbons (Fsp3) is 0.421. The molecule has 144 valence electrons. The minimum absolute atomic E-state index is 0.0942. The number of fused-ring (bicyclic) bond motifs is 1. The Bertz CT molecular complexity index is 904. The van der Waals surface area contributed by atoms with Crippen LogP contribution in [0.4, 0.5) is 5.69 Å². The Morgan fingerprint density at radius 3 is 2.52 bits per heavy atom. The summed E-state index contributed by atoms with van der Waals surface area (Å²) in [5, 5.41) is 1.78. The van der Waals surface area contributed by atoms with Crippen LogP contribution in [-0.4, -0.2) is 62.8 Å². The summed E-state index contributed by atoms with van der Waals surface area (Å²) in [6.45, 7) is 3.08. The first-order chi connectivity index (χ1) is 13.1. The van der Waals surface area contributed by atoms with E-state index in [1.807, 2.05) is 23.1 Å². The van der Waals surface area contributed by atoms with E-state index in [-0.39, 0.29) is 5.91 Å². The lowest BCUT2D eigenvalue weighted by atomic mass is 10.0. The molecule has 0 N–H and O–H groups in total. The summed E-state index contributed by atoms with van der Waals surface area (Å²) in [6.07, 6.45) is 1.99. The number of carbonyl (C=O) groups excluding carboxylic acids is 1. The smallest absolute Gasteiger partial charge is 0.252 e. The minimum atomic E-state index is -3.40. The third-order valence-electron chi connectivity index (χ3n) is 5.19. The number of hydrogen-bond donors (Lipinski definition) is 0. The molecule has 4 rings (SSSR count). The maximum Gasteiger partial charge on any atom is 0.252 e. The summed E-state index contributed by atoms with van der Waals surface area (Å²) in [5.74, 6) is 0.0942. The molecule has 0 aliphatic carbocycles. The van der Waals surface area contributed by atoms with Gasteiger partial charge in [0.05, 0.1) is 6.54 Å². The highest BCUT2D eigenvalue weighted by Gasteiger charge is 2.31. The van der Waals surface area contributed by atoms with Crippen LogP contribution in [0.25, 0.3) is 0 Å². The molecule has 0 spiro atoms. The second-order valence-electron chi connectivity index (χ2n) is 6.89. The number of sulfonamides is 1. The van der Waals surface area contributed by atoms with Gasteiger partial charge in [-0.3, -0.25) is 9.69 Å². The van der Waals surface area contributed by atoms with Crippen LogP contribution in [0.2, 0.25) is 0 Å². The van der Waals surface area contributed by atoms with Gasteiger partial charge in [-0.1, -0.05) is 24.3 Å². The van der Waals surface area contributed by atoms with Crippen molar-refractivity contribution in [2.24, 2.45) is 0 Å². The van der Waals surface area contributed by atoms with Crippen molar-refractivity contribution in [1.29, 1.82) is 0 Å². The standard InChI is InChI=1S/C19H23N3O3S2/c23-18(22-9-3-6-16-5-1-2-7-17(16)22)15-20-10-12-21(13-11-20)27(24,25)19-8-4-14-26-19/h1-2,4-5,7-8,14H,3,6,9-13,15H2. The van der Waals surface area contributed by atoms with E-state index < -0.39 is 10.0 Å². The molecule has 8 heteroatoms. The van der Waals surface area contributed by atoms with Gasteiger partial charge in [0.25, 0.3) is 10.0 Å². The summed E-state index contributed by atoms with van der Waals surface area (Å²) >= 11 is 1.24. The third kappa shape index (κ3) is 3.80. The zero-order valence-corrected chi connectivity index (χ0v) is 16.7. The van der Waals surface area contributed by atoms with Gasteiger partial charge in [0.2, 0.25) is 5.91 Å². The second kappa shape index (κ2) is 7.71. The highest BCUT2D eigenvalue weighted by molar-refractivity contribution is 7.91. The molecule has 1 amide bonds. The van der Waals surface area contributed by atoms with E-state index in [0.29, 0.717) is 36.9 Å². The van der Waals surface area contributed by atoms with Crippen LogP contribution in [0.3, 0.4) is 0 Å². The first-order valence-corrected chi connectivity index (χ1v) is 11.5. The Hall–Kier alpha value is -1.74. The van der Waals surface area contributed by atoms with Crippen molar-refractivity contribution < 1.29 is 13.2 Å². The summed E-state index contributed by atoms with van der Waals surface area (Å²) in [4.78, 5) is 16.8. The SMILES string of the molecule is O=C(CN1CCN(S(=O)(=O)c2cccs2)CC1)N1CCCc2ccccc21. The number of aryl methyl sites for hydroxylation is 1. The number of amides is 1. The van der Waals surface area contributed by atoms with Crippen LogP contribution >= 0.6 is 11.3 Å². The van der Waals surface area contributed by atoms with Gasteiger partial charge in [0.1, 0.15) is 4.21 Å². The number of nitrogens with zero attached hydrogens (tertiary/aromatic N) is 3. The quantitative estimate of drug-likeness (QED) is 0.781. The molecular weight excluding hydrogens is 382 g/mol. The van der Waals surface area contributed by atoms with Crippen LogP contribution in [-0.2, 0) is 21.2 Å². The van der Waals surface area contributed by atoms with Crippen LogP contribution in [0.5, 0.6) is 0 Å². The van der Waals surface area contributed by atoms with Gasteiger partial charge in [0, 0.05) is 38.4 Å². The largest absolute Gasteiger partial charge is 0.311 e.